The summed E-state index contributed by atoms with van der Waals surface area (Å²) >= 11 is 0. The van der Waals surface area contributed by atoms with Crippen molar-refractivity contribution in [3.63, 3.8) is 0 Å². The number of aromatic nitrogens is 2. The number of aryl methyl sites for hydroxylation is 1. The van der Waals surface area contributed by atoms with Gasteiger partial charge < -0.3 is 15.4 Å². The molecule has 25 heavy (non-hydrogen) atoms. The quantitative estimate of drug-likeness (QED) is 0.678. The molecule has 0 aliphatic carbocycles. The molecule has 0 bridgehead atoms. The molecule has 0 atom stereocenters. The summed E-state index contributed by atoms with van der Waals surface area (Å²) in [5, 5.41) is 6.57. The summed E-state index contributed by atoms with van der Waals surface area (Å²) in [6.45, 7) is 2.82. The first-order valence-corrected chi connectivity index (χ1v) is 8.26. The Morgan fingerprint density at radius 3 is 2.76 bits per heavy atom. The normalized spacial score (nSPS) is 10.3. The highest BCUT2D eigenvalue weighted by Gasteiger charge is 2.01. The SMILES string of the molecule is COc1cccc(CCNc2nccc(Nc3cccc(C)c3)n2)c1. The first-order chi connectivity index (χ1) is 12.2. The van der Waals surface area contributed by atoms with Crippen LogP contribution in [0.5, 0.6) is 5.75 Å². The molecule has 1 heterocycles. The van der Waals surface area contributed by atoms with E-state index in [0.29, 0.717) is 5.95 Å². The van der Waals surface area contributed by atoms with Crippen molar-refractivity contribution in [2.24, 2.45) is 0 Å². The molecule has 1 aromatic heterocycles. The highest BCUT2D eigenvalue weighted by Crippen LogP contribution is 2.16. The van der Waals surface area contributed by atoms with Gasteiger partial charge in [-0.15, -0.1) is 0 Å². The van der Waals surface area contributed by atoms with Gasteiger partial charge >= 0.3 is 0 Å². The second-order valence-electron chi connectivity index (χ2n) is 5.79. The molecule has 0 saturated carbocycles. The third kappa shape index (κ3) is 4.94. The van der Waals surface area contributed by atoms with Crippen molar-refractivity contribution in [2.75, 3.05) is 24.3 Å². The third-order valence-corrected chi connectivity index (χ3v) is 3.78. The summed E-state index contributed by atoms with van der Waals surface area (Å²) in [7, 11) is 1.68. The van der Waals surface area contributed by atoms with Gasteiger partial charge in [-0.2, -0.15) is 4.98 Å². The lowest BCUT2D eigenvalue weighted by Crippen LogP contribution is -2.08. The lowest BCUT2D eigenvalue weighted by molar-refractivity contribution is 0.414. The van der Waals surface area contributed by atoms with Crippen molar-refractivity contribution < 1.29 is 4.74 Å². The Hall–Kier alpha value is -3.08. The van der Waals surface area contributed by atoms with Crippen molar-refractivity contribution in [1.82, 2.24) is 9.97 Å². The molecule has 0 saturated heterocycles. The topological polar surface area (TPSA) is 59.1 Å². The maximum atomic E-state index is 5.25. The zero-order valence-electron chi connectivity index (χ0n) is 14.5. The van der Waals surface area contributed by atoms with E-state index in [-0.39, 0.29) is 0 Å². The predicted octanol–water partition coefficient (Wildman–Crippen LogP) is 4.19. The highest BCUT2D eigenvalue weighted by atomic mass is 16.5. The number of anilines is 3. The molecule has 2 N–H and O–H groups in total. The van der Waals surface area contributed by atoms with E-state index in [0.717, 1.165) is 30.2 Å². The molecule has 0 aliphatic rings. The van der Waals surface area contributed by atoms with Gasteiger partial charge in [0.15, 0.2) is 0 Å². The number of nitrogens with zero attached hydrogens (tertiary/aromatic N) is 2. The van der Waals surface area contributed by atoms with E-state index >= 15 is 0 Å². The summed E-state index contributed by atoms with van der Waals surface area (Å²) in [5.74, 6) is 2.25. The molecule has 0 fully saturated rings. The Labute approximate surface area is 148 Å². The van der Waals surface area contributed by atoms with Crippen LogP contribution in [0.2, 0.25) is 0 Å². The molecule has 0 aliphatic heterocycles. The first kappa shape index (κ1) is 16.8. The van der Waals surface area contributed by atoms with Gasteiger partial charge in [0, 0.05) is 18.4 Å². The minimum Gasteiger partial charge on any atom is -0.497 e. The molecule has 3 aromatic rings. The van der Waals surface area contributed by atoms with Gasteiger partial charge in [-0.25, -0.2) is 4.98 Å². The van der Waals surface area contributed by atoms with E-state index in [9.17, 15) is 0 Å². The summed E-state index contributed by atoms with van der Waals surface area (Å²) in [6, 6.07) is 18.1. The van der Waals surface area contributed by atoms with E-state index in [4.69, 9.17) is 4.74 Å². The Kier molecular flexibility index (Phi) is 5.46. The van der Waals surface area contributed by atoms with Crippen LogP contribution in [-0.2, 0) is 6.42 Å². The van der Waals surface area contributed by atoms with Gasteiger partial charge in [0.05, 0.1) is 7.11 Å². The average molecular weight is 334 g/mol. The number of benzene rings is 2. The fourth-order valence-electron chi connectivity index (χ4n) is 2.53. The van der Waals surface area contributed by atoms with E-state index in [1.165, 1.54) is 11.1 Å². The summed E-state index contributed by atoms with van der Waals surface area (Å²) in [4.78, 5) is 8.78. The number of rotatable bonds is 7. The molecule has 2 aromatic carbocycles. The number of ether oxygens (including phenoxy) is 1. The number of hydrogen-bond acceptors (Lipinski definition) is 5. The van der Waals surface area contributed by atoms with Crippen LogP contribution in [0.15, 0.2) is 60.8 Å². The number of methoxy groups -OCH3 is 1. The average Bonchev–Trinajstić information content (AvgIpc) is 2.62. The van der Waals surface area contributed by atoms with E-state index < -0.39 is 0 Å². The second kappa shape index (κ2) is 8.15. The number of hydrogen-bond donors (Lipinski definition) is 2. The zero-order valence-corrected chi connectivity index (χ0v) is 14.5. The largest absolute Gasteiger partial charge is 0.497 e. The smallest absolute Gasteiger partial charge is 0.224 e. The minimum atomic E-state index is 0.612. The van der Waals surface area contributed by atoms with Crippen LogP contribution < -0.4 is 15.4 Å². The lowest BCUT2D eigenvalue weighted by atomic mass is 10.1. The standard InChI is InChI=1S/C20H22N4O/c1-15-5-3-7-17(13-15)23-19-10-12-22-20(24-19)21-11-9-16-6-4-8-18(14-16)25-2/h3-8,10,12-14H,9,11H2,1-2H3,(H2,21,22,23,24). The van der Waals surface area contributed by atoms with Gasteiger partial charge in [-0.3, -0.25) is 0 Å². The Morgan fingerprint density at radius 1 is 1.04 bits per heavy atom. The molecule has 5 heteroatoms. The Bertz CT molecular complexity index is 835. The van der Waals surface area contributed by atoms with E-state index in [1.807, 2.05) is 36.4 Å². The van der Waals surface area contributed by atoms with Crippen LogP contribution in [0.25, 0.3) is 0 Å². The van der Waals surface area contributed by atoms with E-state index in [2.05, 4.69) is 45.7 Å². The fraction of sp³-hybridized carbons (Fsp3) is 0.200. The zero-order chi connectivity index (χ0) is 17.5. The van der Waals surface area contributed by atoms with Crippen LogP contribution in [0.3, 0.4) is 0 Å². The van der Waals surface area contributed by atoms with Gasteiger partial charge in [0.1, 0.15) is 11.6 Å². The number of nitrogens with one attached hydrogen (secondary N) is 2. The maximum absolute atomic E-state index is 5.25. The van der Waals surface area contributed by atoms with Crippen LogP contribution in [-0.4, -0.2) is 23.6 Å². The third-order valence-electron chi connectivity index (χ3n) is 3.78. The molecule has 0 amide bonds. The van der Waals surface area contributed by atoms with Crippen LogP contribution in [0, 0.1) is 6.92 Å². The highest BCUT2D eigenvalue weighted by molar-refractivity contribution is 5.57. The molecule has 0 unspecified atom stereocenters. The van der Waals surface area contributed by atoms with Crippen LogP contribution in [0.1, 0.15) is 11.1 Å². The Morgan fingerprint density at radius 2 is 1.92 bits per heavy atom. The van der Waals surface area contributed by atoms with Crippen LogP contribution >= 0.6 is 0 Å². The monoisotopic (exact) mass is 334 g/mol. The van der Waals surface area contributed by atoms with Gasteiger partial charge in [0.2, 0.25) is 5.95 Å². The van der Waals surface area contributed by atoms with Crippen LogP contribution in [0.4, 0.5) is 17.5 Å². The molecule has 0 radical (unpaired) electrons. The molecule has 128 valence electrons. The van der Waals surface area contributed by atoms with Crippen molar-refractivity contribution in [2.45, 2.75) is 13.3 Å². The van der Waals surface area contributed by atoms with Crippen molar-refractivity contribution in [1.29, 1.82) is 0 Å². The first-order valence-electron chi connectivity index (χ1n) is 8.26. The molecule has 0 spiro atoms. The van der Waals surface area contributed by atoms with Gasteiger partial charge in [-0.1, -0.05) is 24.3 Å². The summed E-state index contributed by atoms with van der Waals surface area (Å²) in [6.07, 6.45) is 2.62. The Balaban J connectivity index is 1.58. The van der Waals surface area contributed by atoms with Crippen molar-refractivity contribution in [3.05, 3.63) is 71.9 Å². The van der Waals surface area contributed by atoms with Gasteiger partial charge in [0.25, 0.3) is 0 Å². The van der Waals surface area contributed by atoms with Gasteiger partial charge in [-0.05, 0) is 54.8 Å². The predicted molar refractivity (Wildman–Crippen MR) is 102 cm³/mol. The van der Waals surface area contributed by atoms with Crippen molar-refractivity contribution in [3.8, 4) is 5.75 Å². The fourth-order valence-corrected chi connectivity index (χ4v) is 2.53. The summed E-state index contributed by atoms with van der Waals surface area (Å²) in [5.41, 5.74) is 3.43. The van der Waals surface area contributed by atoms with Crippen molar-refractivity contribution >= 4 is 17.5 Å². The molecule has 3 rings (SSSR count). The summed E-state index contributed by atoms with van der Waals surface area (Å²) < 4.78 is 5.25. The minimum absolute atomic E-state index is 0.612. The second-order valence-corrected chi connectivity index (χ2v) is 5.79. The molecular weight excluding hydrogens is 312 g/mol. The maximum Gasteiger partial charge on any atom is 0.224 e. The molecule has 5 nitrogen and oxygen atoms in total. The molecular formula is C20H22N4O. The lowest BCUT2D eigenvalue weighted by Gasteiger charge is -2.09. The van der Waals surface area contributed by atoms with E-state index in [1.54, 1.807) is 13.3 Å².